The summed E-state index contributed by atoms with van der Waals surface area (Å²) in [6.07, 6.45) is 0. The number of hydrogen-bond donors (Lipinski definition) is 2. The highest BCUT2D eigenvalue weighted by atomic mass is 32.2. The monoisotopic (exact) mass is 244 g/mol. The van der Waals surface area contributed by atoms with Gasteiger partial charge in [-0.2, -0.15) is 0 Å². The van der Waals surface area contributed by atoms with Gasteiger partial charge in [0.1, 0.15) is 10.6 Å². The van der Waals surface area contributed by atoms with Crippen molar-refractivity contribution in [3.63, 3.8) is 0 Å². The number of rotatable bonds is 4. The van der Waals surface area contributed by atoms with Gasteiger partial charge in [-0.15, -0.1) is 4.83 Å². The van der Waals surface area contributed by atoms with Crippen molar-refractivity contribution in [2.45, 2.75) is 24.7 Å². The van der Waals surface area contributed by atoms with Gasteiger partial charge in [0.05, 0.1) is 7.11 Å². The van der Waals surface area contributed by atoms with Crippen LogP contribution in [0.5, 0.6) is 5.75 Å². The normalized spacial score (nSPS) is 11.8. The second-order valence-corrected chi connectivity index (χ2v) is 5.37. The summed E-state index contributed by atoms with van der Waals surface area (Å²) in [5.74, 6) is 5.51. The van der Waals surface area contributed by atoms with E-state index in [4.69, 9.17) is 10.6 Å². The molecular formula is C10H16N2O3S. The Labute approximate surface area is 95.6 Å². The molecule has 0 unspecified atom stereocenters. The fraction of sp³-hybridized carbons (Fsp3) is 0.400. The minimum Gasteiger partial charge on any atom is -0.495 e. The number of hydrazine groups is 1. The summed E-state index contributed by atoms with van der Waals surface area (Å²) >= 11 is 0. The Hall–Kier alpha value is -1.11. The van der Waals surface area contributed by atoms with Crippen molar-refractivity contribution < 1.29 is 13.2 Å². The first kappa shape index (κ1) is 13.0. The molecule has 5 nitrogen and oxygen atoms in total. The lowest BCUT2D eigenvalue weighted by atomic mass is 10.0. The Morgan fingerprint density at radius 3 is 2.44 bits per heavy atom. The molecule has 3 N–H and O–H groups in total. The van der Waals surface area contributed by atoms with Crippen molar-refractivity contribution in [3.05, 3.63) is 23.8 Å². The van der Waals surface area contributed by atoms with Gasteiger partial charge in [-0.05, 0) is 23.6 Å². The molecule has 16 heavy (non-hydrogen) atoms. The third-order valence-corrected chi connectivity index (χ3v) is 3.51. The first-order valence-electron chi connectivity index (χ1n) is 4.82. The van der Waals surface area contributed by atoms with Gasteiger partial charge in [0, 0.05) is 0 Å². The van der Waals surface area contributed by atoms with E-state index in [2.05, 4.69) is 0 Å². The van der Waals surface area contributed by atoms with E-state index >= 15 is 0 Å². The third kappa shape index (κ3) is 2.52. The molecule has 90 valence electrons. The molecule has 0 saturated heterocycles. The standard InChI is InChI=1S/C10H16N2O3S/c1-7(2)8-4-5-9(15-3)10(6-8)16(13,14)12-11/h4-7,12H,11H2,1-3H3. The molecular weight excluding hydrogens is 228 g/mol. The zero-order chi connectivity index (χ0) is 12.3. The van der Waals surface area contributed by atoms with Crippen molar-refractivity contribution >= 4 is 10.0 Å². The summed E-state index contributed by atoms with van der Waals surface area (Å²) in [6.45, 7) is 3.96. The van der Waals surface area contributed by atoms with Crippen molar-refractivity contribution in [2.24, 2.45) is 5.84 Å². The lowest BCUT2D eigenvalue weighted by molar-refractivity contribution is 0.402. The van der Waals surface area contributed by atoms with Crippen LogP contribution in [-0.2, 0) is 10.0 Å². The molecule has 0 amide bonds. The Morgan fingerprint density at radius 2 is 2.00 bits per heavy atom. The van der Waals surface area contributed by atoms with E-state index in [1.54, 1.807) is 17.0 Å². The second kappa shape index (κ2) is 4.82. The van der Waals surface area contributed by atoms with Gasteiger partial charge in [-0.1, -0.05) is 19.9 Å². The zero-order valence-electron chi connectivity index (χ0n) is 9.52. The Bertz CT molecular complexity index is 469. The molecule has 0 aromatic heterocycles. The van der Waals surface area contributed by atoms with E-state index in [0.29, 0.717) is 0 Å². The predicted octanol–water partition coefficient (Wildman–Crippen LogP) is 0.971. The second-order valence-electron chi connectivity index (χ2n) is 3.69. The summed E-state index contributed by atoms with van der Waals surface area (Å²) < 4.78 is 28.3. The number of sulfonamides is 1. The number of nitrogens with one attached hydrogen (secondary N) is 1. The van der Waals surface area contributed by atoms with Crippen LogP contribution in [0, 0.1) is 0 Å². The maximum absolute atomic E-state index is 11.6. The number of ether oxygens (including phenoxy) is 1. The highest BCUT2D eigenvalue weighted by Crippen LogP contribution is 2.27. The molecule has 0 atom stereocenters. The van der Waals surface area contributed by atoms with E-state index in [9.17, 15) is 8.42 Å². The van der Waals surface area contributed by atoms with Crippen LogP contribution in [0.3, 0.4) is 0 Å². The maximum atomic E-state index is 11.6. The Kier molecular flexibility index (Phi) is 3.90. The van der Waals surface area contributed by atoms with Gasteiger partial charge in [-0.3, -0.25) is 5.84 Å². The average molecular weight is 244 g/mol. The third-order valence-electron chi connectivity index (χ3n) is 2.30. The van der Waals surface area contributed by atoms with Crippen molar-refractivity contribution in [2.75, 3.05) is 7.11 Å². The van der Waals surface area contributed by atoms with Crippen molar-refractivity contribution in [1.82, 2.24) is 4.83 Å². The molecule has 0 aliphatic carbocycles. The van der Waals surface area contributed by atoms with Gasteiger partial charge in [-0.25, -0.2) is 8.42 Å². The largest absolute Gasteiger partial charge is 0.495 e. The summed E-state index contributed by atoms with van der Waals surface area (Å²) in [5, 5.41) is 0. The van der Waals surface area contributed by atoms with Crippen LogP contribution in [-0.4, -0.2) is 15.5 Å². The molecule has 0 aliphatic heterocycles. The summed E-state index contributed by atoms with van der Waals surface area (Å²) in [5.41, 5.74) is 0.912. The molecule has 0 aliphatic rings. The fourth-order valence-corrected chi connectivity index (χ4v) is 2.16. The molecule has 0 fully saturated rings. The molecule has 0 heterocycles. The Balaban J connectivity index is 3.39. The molecule has 1 aromatic carbocycles. The minimum atomic E-state index is -3.69. The topological polar surface area (TPSA) is 81.4 Å². The molecule has 1 rings (SSSR count). The van der Waals surface area contributed by atoms with Crippen molar-refractivity contribution in [1.29, 1.82) is 0 Å². The molecule has 0 spiro atoms. The average Bonchev–Trinajstić information content (AvgIpc) is 2.28. The van der Waals surface area contributed by atoms with Gasteiger partial charge in [0.15, 0.2) is 0 Å². The number of nitrogens with two attached hydrogens (primary N) is 1. The van der Waals surface area contributed by atoms with Gasteiger partial charge in [0.2, 0.25) is 0 Å². The van der Waals surface area contributed by atoms with Crippen LogP contribution in [0.15, 0.2) is 23.1 Å². The first-order valence-corrected chi connectivity index (χ1v) is 6.31. The van der Waals surface area contributed by atoms with Crippen LogP contribution in [0.2, 0.25) is 0 Å². The van der Waals surface area contributed by atoms with Crippen LogP contribution in [0.25, 0.3) is 0 Å². The number of benzene rings is 1. The summed E-state index contributed by atoms with van der Waals surface area (Å²) in [6, 6.07) is 5.03. The van der Waals surface area contributed by atoms with Crippen LogP contribution < -0.4 is 15.4 Å². The lowest BCUT2D eigenvalue weighted by Crippen LogP contribution is -2.30. The molecule has 0 radical (unpaired) electrons. The van der Waals surface area contributed by atoms with Crippen LogP contribution in [0.4, 0.5) is 0 Å². The fourth-order valence-electron chi connectivity index (χ4n) is 1.33. The SMILES string of the molecule is COc1ccc(C(C)C)cc1S(=O)(=O)NN. The van der Waals surface area contributed by atoms with Crippen LogP contribution >= 0.6 is 0 Å². The van der Waals surface area contributed by atoms with E-state index in [0.717, 1.165) is 5.56 Å². The van der Waals surface area contributed by atoms with Gasteiger partial charge in [0.25, 0.3) is 10.0 Å². The van der Waals surface area contributed by atoms with Gasteiger partial charge >= 0.3 is 0 Å². The molecule has 6 heteroatoms. The van der Waals surface area contributed by atoms with Crippen molar-refractivity contribution in [3.8, 4) is 5.75 Å². The Morgan fingerprint density at radius 1 is 1.38 bits per heavy atom. The molecule has 1 aromatic rings. The maximum Gasteiger partial charge on any atom is 0.256 e. The van der Waals surface area contributed by atoms with Gasteiger partial charge < -0.3 is 4.74 Å². The van der Waals surface area contributed by atoms with E-state index in [1.165, 1.54) is 7.11 Å². The predicted molar refractivity (Wildman–Crippen MR) is 61.6 cm³/mol. The summed E-state index contributed by atoms with van der Waals surface area (Å²) in [7, 11) is -2.28. The summed E-state index contributed by atoms with van der Waals surface area (Å²) in [4.78, 5) is 1.85. The number of methoxy groups -OCH3 is 1. The number of hydrogen-bond acceptors (Lipinski definition) is 4. The highest BCUT2D eigenvalue weighted by Gasteiger charge is 2.19. The smallest absolute Gasteiger partial charge is 0.256 e. The lowest BCUT2D eigenvalue weighted by Gasteiger charge is -2.12. The first-order chi connectivity index (χ1) is 7.42. The highest BCUT2D eigenvalue weighted by molar-refractivity contribution is 7.89. The molecule has 0 saturated carbocycles. The van der Waals surface area contributed by atoms with E-state index < -0.39 is 10.0 Å². The zero-order valence-corrected chi connectivity index (χ0v) is 10.3. The molecule has 0 bridgehead atoms. The van der Waals surface area contributed by atoms with E-state index in [-0.39, 0.29) is 16.6 Å². The quantitative estimate of drug-likeness (QED) is 0.611. The minimum absolute atomic E-state index is 0.0590. The van der Waals surface area contributed by atoms with E-state index in [1.807, 2.05) is 19.9 Å². The van der Waals surface area contributed by atoms with Crippen LogP contribution in [0.1, 0.15) is 25.3 Å².